The Hall–Kier alpha value is -2.44. The third-order valence-corrected chi connectivity index (χ3v) is 5.34. The molecule has 0 bridgehead atoms. The van der Waals surface area contributed by atoms with E-state index < -0.39 is 0 Å². The van der Waals surface area contributed by atoms with Gasteiger partial charge in [-0.15, -0.1) is 0 Å². The molecule has 1 aliphatic rings. The van der Waals surface area contributed by atoms with Crippen molar-refractivity contribution in [3.63, 3.8) is 0 Å². The normalized spacial score (nSPS) is 15.6. The highest BCUT2D eigenvalue weighted by molar-refractivity contribution is 8.26. The van der Waals surface area contributed by atoms with Gasteiger partial charge in [0.15, 0.2) is 0 Å². The average Bonchev–Trinajstić information content (AvgIpc) is 2.91. The number of hydrogen-bond donors (Lipinski definition) is 0. The van der Waals surface area contributed by atoms with Gasteiger partial charge >= 0.3 is 5.97 Å². The molecule has 4 nitrogen and oxygen atoms in total. The van der Waals surface area contributed by atoms with Gasteiger partial charge in [0.2, 0.25) is 0 Å². The van der Waals surface area contributed by atoms with Gasteiger partial charge in [0.25, 0.3) is 5.91 Å². The van der Waals surface area contributed by atoms with Crippen molar-refractivity contribution in [1.82, 2.24) is 4.90 Å². The first kappa shape index (κ1) is 18.4. The predicted octanol–water partition coefficient (Wildman–Crippen LogP) is 4.18. The van der Waals surface area contributed by atoms with E-state index in [1.54, 1.807) is 35.2 Å². The monoisotopic (exact) mass is 383 g/mol. The number of amides is 1. The molecule has 2 aromatic carbocycles. The second-order valence-electron chi connectivity index (χ2n) is 5.87. The molecule has 26 heavy (non-hydrogen) atoms. The van der Waals surface area contributed by atoms with Gasteiger partial charge in [0.05, 0.1) is 24.1 Å². The van der Waals surface area contributed by atoms with Crippen molar-refractivity contribution in [1.29, 1.82) is 0 Å². The van der Waals surface area contributed by atoms with Crippen LogP contribution in [0.3, 0.4) is 0 Å². The van der Waals surface area contributed by atoms with E-state index in [2.05, 4.69) is 4.74 Å². The molecule has 0 N–H and O–H groups in total. The lowest BCUT2D eigenvalue weighted by Crippen LogP contribution is -2.27. The molecule has 1 fully saturated rings. The summed E-state index contributed by atoms with van der Waals surface area (Å²) in [5.74, 6) is -0.487. The molecule has 0 aliphatic carbocycles. The second-order valence-corrected chi connectivity index (χ2v) is 7.54. The minimum Gasteiger partial charge on any atom is -0.465 e. The number of ether oxygens (including phenoxy) is 1. The number of benzene rings is 2. The molecule has 0 saturated carbocycles. The zero-order chi connectivity index (χ0) is 18.7. The van der Waals surface area contributed by atoms with Gasteiger partial charge in [-0.05, 0) is 36.3 Å². The van der Waals surface area contributed by atoms with Crippen LogP contribution in [0.2, 0.25) is 0 Å². The van der Waals surface area contributed by atoms with Crippen LogP contribution in [0.15, 0.2) is 53.4 Å². The van der Waals surface area contributed by atoms with Crippen LogP contribution in [0.25, 0.3) is 6.08 Å². The molecular formula is C20H17NO3S2. The lowest BCUT2D eigenvalue weighted by molar-refractivity contribution is -0.122. The van der Waals surface area contributed by atoms with Crippen LogP contribution in [0.5, 0.6) is 0 Å². The van der Waals surface area contributed by atoms with E-state index in [4.69, 9.17) is 12.2 Å². The van der Waals surface area contributed by atoms with Crippen molar-refractivity contribution in [2.24, 2.45) is 0 Å². The van der Waals surface area contributed by atoms with Crippen LogP contribution in [0.1, 0.15) is 27.0 Å². The minimum atomic E-state index is -0.388. The summed E-state index contributed by atoms with van der Waals surface area (Å²) in [6.07, 6.45) is 1.79. The summed E-state index contributed by atoms with van der Waals surface area (Å²) in [6, 6.07) is 14.9. The zero-order valence-corrected chi connectivity index (χ0v) is 16.0. The highest BCUT2D eigenvalue weighted by Gasteiger charge is 2.31. The van der Waals surface area contributed by atoms with Crippen LogP contribution in [-0.2, 0) is 16.1 Å². The summed E-state index contributed by atoms with van der Waals surface area (Å²) in [4.78, 5) is 26.4. The molecule has 3 rings (SSSR count). The Bertz CT molecular complexity index is 886. The fourth-order valence-electron chi connectivity index (χ4n) is 2.50. The molecule has 1 amide bonds. The Morgan fingerprint density at radius 3 is 2.42 bits per heavy atom. The predicted molar refractivity (Wildman–Crippen MR) is 108 cm³/mol. The Kier molecular flexibility index (Phi) is 5.54. The van der Waals surface area contributed by atoms with Crippen molar-refractivity contribution in [2.45, 2.75) is 13.5 Å². The third kappa shape index (κ3) is 4.03. The summed E-state index contributed by atoms with van der Waals surface area (Å²) in [7, 11) is 1.34. The molecule has 6 heteroatoms. The number of carbonyl (C=O) groups is 2. The van der Waals surface area contributed by atoms with Crippen molar-refractivity contribution < 1.29 is 14.3 Å². The van der Waals surface area contributed by atoms with Gasteiger partial charge < -0.3 is 4.74 Å². The molecule has 0 spiro atoms. The van der Waals surface area contributed by atoms with E-state index in [1.165, 1.54) is 24.4 Å². The van der Waals surface area contributed by atoms with E-state index in [9.17, 15) is 9.59 Å². The quantitative estimate of drug-likeness (QED) is 0.450. The second kappa shape index (κ2) is 7.85. The highest BCUT2D eigenvalue weighted by atomic mass is 32.2. The molecule has 0 unspecified atom stereocenters. The number of nitrogens with zero attached hydrogens (tertiary/aromatic N) is 1. The number of hydrogen-bond acceptors (Lipinski definition) is 5. The summed E-state index contributed by atoms with van der Waals surface area (Å²) in [6.45, 7) is 2.49. The van der Waals surface area contributed by atoms with Crippen LogP contribution in [-0.4, -0.2) is 28.2 Å². The lowest BCUT2D eigenvalue weighted by Gasteiger charge is -2.14. The average molecular weight is 383 g/mol. The van der Waals surface area contributed by atoms with Gasteiger partial charge in [-0.25, -0.2) is 4.79 Å². The fraction of sp³-hybridized carbons (Fsp3) is 0.150. The molecule has 1 saturated heterocycles. The van der Waals surface area contributed by atoms with Crippen LogP contribution in [0.4, 0.5) is 0 Å². The summed E-state index contributed by atoms with van der Waals surface area (Å²) >= 11 is 6.66. The number of carbonyl (C=O) groups excluding carboxylic acids is 2. The summed E-state index contributed by atoms with van der Waals surface area (Å²) in [5.41, 5.74) is 3.51. The first-order valence-electron chi connectivity index (χ1n) is 7.97. The largest absolute Gasteiger partial charge is 0.465 e. The number of thioether (sulfide) groups is 1. The van der Waals surface area contributed by atoms with Crippen LogP contribution < -0.4 is 0 Å². The Balaban J connectivity index is 1.76. The molecule has 0 radical (unpaired) electrons. The molecule has 1 aliphatic heterocycles. The fourth-order valence-corrected chi connectivity index (χ4v) is 3.75. The molecule has 1 heterocycles. The molecule has 0 atom stereocenters. The first-order valence-corrected chi connectivity index (χ1v) is 9.19. The maximum Gasteiger partial charge on any atom is 0.337 e. The van der Waals surface area contributed by atoms with Crippen molar-refractivity contribution in [3.05, 3.63) is 75.7 Å². The SMILES string of the molecule is COC(=O)c1ccc(/C=C2\SC(=S)N(Cc3ccc(C)cc3)C2=O)cc1. The molecule has 2 aromatic rings. The van der Waals surface area contributed by atoms with Gasteiger partial charge in [-0.2, -0.15) is 0 Å². The smallest absolute Gasteiger partial charge is 0.337 e. The van der Waals surface area contributed by atoms with Crippen LogP contribution in [0, 0.1) is 6.92 Å². The van der Waals surface area contributed by atoms with Gasteiger partial charge in [0.1, 0.15) is 4.32 Å². The standard InChI is InChI=1S/C20H17NO3S2/c1-13-3-5-15(6-4-13)12-21-18(22)17(26-20(21)25)11-14-7-9-16(10-8-14)19(23)24-2/h3-11H,12H2,1-2H3/b17-11-. The molecule has 0 aromatic heterocycles. The van der Waals surface area contributed by atoms with E-state index in [-0.39, 0.29) is 11.9 Å². The van der Waals surface area contributed by atoms with E-state index in [1.807, 2.05) is 31.2 Å². The maximum atomic E-state index is 12.7. The summed E-state index contributed by atoms with van der Waals surface area (Å²) in [5, 5.41) is 0. The van der Waals surface area contributed by atoms with E-state index in [0.29, 0.717) is 21.3 Å². The number of esters is 1. The number of rotatable bonds is 4. The van der Waals surface area contributed by atoms with E-state index in [0.717, 1.165) is 11.1 Å². The minimum absolute atomic E-state index is 0.0994. The number of methoxy groups -OCH3 is 1. The molecular weight excluding hydrogens is 366 g/mol. The Labute approximate surface area is 161 Å². The van der Waals surface area contributed by atoms with Crippen LogP contribution >= 0.6 is 24.0 Å². The Morgan fingerprint density at radius 1 is 1.15 bits per heavy atom. The number of aryl methyl sites for hydroxylation is 1. The molecule has 132 valence electrons. The third-order valence-electron chi connectivity index (χ3n) is 3.96. The van der Waals surface area contributed by atoms with E-state index >= 15 is 0 Å². The van der Waals surface area contributed by atoms with Gasteiger partial charge in [0, 0.05) is 0 Å². The topological polar surface area (TPSA) is 46.6 Å². The van der Waals surface area contributed by atoms with Crippen molar-refractivity contribution in [2.75, 3.05) is 7.11 Å². The van der Waals surface area contributed by atoms with Gasteiger partial charge in [-0.1, -0.05) is 65.9 Å². The summed E-state index contributed by atoms with van der Waals surface area (Å²) < 4.78 is 5.23. The lowest BCUT2D eigenvalue weighted by atomic mass is 10.1. The van der Waals surface area contributed by atoms with Crippen molar-refractivity contribution >= 4 is 46.3 Å². The highest BCUT2D eigenvalue weighted by Crippen LogP contribution is 2.33. The zero-order valence-electron chi connectivity index (χ0n) is 14.4. The Morgan fingerprint density at radius 2 is 1.81 bits per heavy atom. The number of thiocarbonyl (C=S) groups is 1. The van der Waals surface area contributed by atoms with Gasteiger partial charge in [-0.3, -0.25) is 9.69 Å². The first-order chi connectivity index (χ1) is 12.5. The maximum absolute atomic E-state index is 12.7. The van der Waals surface area contributed by atoms with Crippen molar-refractivity contribution in [3.8, 4) is 0 Å².